The molecule has 0 aliphatic carbocycles. The maximum absolute atomic E-state index is 6.60. The van der Waals surface area contributed by atoms with Crippen LogP contribution in [0, 0.1) is 0 Å². The molecule has 0 spiro atoms. The SMILES string of the molecule is COC1(c2ccccc2)C(c2ccc(OCCN3CCCC3)cc2)c2ccccc2OC1(C)C. The van der Waals surface area contributed by atoms with Gasteiger partial charge in [-0.3, -0.25) is 4.90 Å². The van der Waals surface area contributed by atoms with E-state index in [0.717, 1.165) is 35.8 Å². The molecule has 4 nitrogen and oxygen atoms in total. The third kappa shape index (κ3) is 3.99. The van der Waals surface area contributed by atoms with E-state index in [4.69, 9.17) is 14.2 Å². The van der Waals surface area contributed by atoms with E-state index in [2.05, 4.69) is 85.5 Å². The van der Waals surface area contributed by atoms with Crippen molar-refractivity contribution in [2.75, 3.05) is 33.4 Å². The van der Waals surface area contributed by atoms with Crippen LogP contribution in [0.3, 0.4) is 0 Å². The number of hydrogen-bond donors (Lipinski definition) is 0. The Morgan fingerprint density at radius 1 is 0.882 bits per heavy atom. The van der Waals surface area contributed by atoms with E-state index in [9.17, 15) is 0 Å². The molecule has 2 aliphatic heterocycles. The second-order valence-corrected chi connectivity index (χ2v) is 9.86. The number of likely N-dealkylation sites (tertiary alicyclic amines) is 1. The fourth-order valence-corrected chi connectivity index (χ4v) is 5.88. The predicted octanol–water partition coefficient (Wildman–Crippen LogP) is 6.01. The van der Waals surface area contributed by atoms with Gasteiger partial charge in [0.05, 0.1) is 0 Å². The van der Waals surface area contributed by atoms with Gasteiger partial charge in [-0.15, -0.1) is 0 Å². The summed E-state index contributed by atoms with van der Waals surface area (Å²) in [7, 11) is 1.80. The number of methoxy groups -OCH3 is 1. The van der Waals surface area contributed by atoms with Gasteiger partial charge >= 0.3 is 0 Å². The largest absolute Gasteiger partial charge is 0.492 e. The lowest BCUT2D eigenvalue weighted by atomic mass is 9.64. The van der Waals surface area contributed by atoms with Gasteiger partial charge in [0.1, 0.15) is 29.3 Å². The fourth-order valence-electron chi connectivity index (χ4n) is 5.88. The lowest BCUT2D eigenvalue weighted by Crippen LogP contribution is -2.59. The van der Waals surface area contributed by atoms with Crippen LogP contribution >= 0.6 is 0 Å². The van der Waals surface area contributed by atoms with Gasteiger partial charge in [-0.05, 0) is 69.1 Å². The first-order valence-corrected chi connectivity index (χ1v) is 12.4. The van der Waals surface area contributed by atoms with Gasteiger partial charge in [0, 0.05) is 25.1 Å². The van der Waals surface area contributed by atoms with Gasteiger partial charge in [0.2, 0.25) is 0 Å². The summed E-state index contributed by atoms with van der Waals surface area (Å²) in [6.07, 6.45) is 2.61. The summed E-state index contributed by atoms with van der Waals surface area (Å²) in [5.74, 6) is 1.77. The summed E-state index contributed by atoms with van der Waals surface area (Å²) >= 11 is 0. The Morgan fingerprint density at radius 2 is 1.56 bits per heavy atom. The molecule has 2 aliphatic rings. The van der Waals surface area contributed by atoms with Crippen LogP contribution < -0.4 is 9.47 Å². The standard InChI is InChI=1S/C30H35NO3/c1-29(2)30(32-3,24-11-5-4-6-12-24)28(26-13-7-8-14-27(26)34-29)23-15-17-25(18-16-23)33-22-21-31-19-9-10-20-31/h4-8,11-18,28H,9-10,19-22H2,1-3H3. The summed E-state index contributed by atoms with van der Waals surface area (Å²) in [5, 5.41) is 0. The van der Waals surface area contributed by atoms with Gasteiger partial charge in [-0.2, -0.15) is 0 Å². The number of benzene rings is 3. The van der Waals surface area contributed by atoms with Crippen molar-refractivity contribution in [1.82, 2.24) is 4.90 Å². The average molecular weight is 458 g/mol. The zero-order chi connectivity index (χ0) is 23.6. The number of fused-ring (bicyclic) bond motifs is 1. The van der Waals surface area contributed by atoms with Crippen molar-refractivity contribution in [3.63, 3.8) is 0 Å². The van der Waals surface area contributed by atoms with E-state index in [1.165, 1.54) is 31.5 Å². The normalized spacial score (nSPS) is 23.8. The maximum Gasteiger partial charge on any atom is 0.143 e. The number of ether oxygens (including phenoxy) is 3. The minimum absolute atomic E-state index is 0.0431. The zero-order valence-corrected chi connectivity index (χ0v) is 20.5. The molecule has 1 fully saturated rings. The van der Waals surface area contributed by atoms with E-state index in [0.29, 0.717) is 0 Å². The third-order valence-electron chi connectivity index (χ3n) is 7.51. The summed E-state index contributed by atoms with van der Waals surface area (Å²) in [4.78, 5) is 2.47. The Morgan fingerprint density at radius 3 is 2.26 bits per heavy atom. The Kier molecular flexibility index (Phi) is 6.37. The Bertz CT molecular complexity index is 1090. The van der Waals surface area contributed by atoms with Crippen LogP contribution in [0.1, 0.15) is 49.3 Å². The zero-order valence-electron chi connectivity index (χ0n) is 20.5. The van der Waals surface area contributed by atoms with Crippen molar-refractivity contribution < 1.29 is 14.2 Å². The first-order chi connectivity index (χ1) is 16.5. The topological polar surface area (TPSA) is 30.9 Å². The smallest absolute Gasteiger partial charge is 0.143 e. The molecule has 3 aromatic rings. The monoisotopic (exact) mass is 457 g/mol. The quantitative estimate of drug-likeness (QED) is 0.435. The summed E-state index contributed by atoms with van der Waals surface area (Å²) in [6.45, 7) is 8.35. The molecule has 4 heteroatoms. The first kappa shape index (κ1) is 22.9. The molecule has 1 saturated heterocycles. The minimum Gasteiger partial charge on any atom is -0.492 e. The van der Waals surface area contributed by atoms with Crippen LogP contribution in [0.25, 0.3) is 0 Å². The van der Waals surface area contributed by atoms with Crippen molar-refractivity contribution in [3.8, 4) is 11.5 Å². The molecular weight excluding hydrogens is 422 g/mol. The first-order valence-electron chi connectivity index (χ1n) is 12.4. The van der Waals surface area contributed by atoms with Gasteiger partial charge in [0.15, 0.2) is 0 Å². The highest BCUT2D eigenvalue weighted by molar-refractivity contribution is 5.52. The highest BCUT2D eigenvalue weighted by Gasteiger charge is 2.58. The molecule has 2 unspecified atom stereocenters. The molecule has 0 radical (unpaired) electrons. The van der Waals surface area contributed by atoms with Crippen molar-refractivity contribution in [3.05, 3.63) is 95.6 Å². The second-order valence-electron chi connectivity index (χ2n) is 9.86. The van der Waals surface area contributed by atoms with E-state index in [-0.39, 0.29) is 5.92 Å². The van der Waals surface area contributed by atoms with Crippen molar-refractivity contribution >= 4 is 0 Å². The molecule has 0 N–H and O–H groups in total. The molecule has 34 heavy (non-hydrogen) atoms. The second kappa shape index (κ2) is 9.44. The lowest BCUT2D eigenvalue weighted by Gasteiger charge is -2.54. The van der Waals surface area contributed by atoms with Crippen LogP contribution in [-0.2, 0) is 10.3 Å². The van der Waals surface area contributed by atoms with E-state index < -0.39 is 11.2 Å². The van der Waals surface area contributed by atoms with Crippen LogP contribution in [0.4, 0.5) is 0 Å². The Hall–Kier alpha value is -2.82. The molecule has 2 heterocycles. The fraction of sp³-hybridized carbons (Fsp3) is 0.400. The maximum atomic E-state index is 6.60. The Balaban J connectivity index is 1.51. The van der Waals surface area contributed by atoms with E-state index in [1.54, 1.807) is 7.11 Å². The summed E-state index contributed by atoms with van der Waals surface area (Å²) in [6, 6.07) is 27.4. The van der Waals surface area contributed by atoms with Gasteiger partial charge in [-0.1, -0.05) is 60.7 Å². The molecule has 3 aromatic carbocycles. The molecule has 0 amide bonds. The number of hydrogen-bond acceptors (Lipinski definition) is 4. The molecule has 0 aromatic heterocycles. The van der Waals surface area contributed by atoms with Crippen molar-refractivity contribution in [2.24, 2.45) is 0 Å². The predicted molar refractivity (Wildman–Crippen MR) is 136 cm³/mol. The minimum atomic E-state index is -0.708. The molecule has 178 valence electrons. The number of nitrogens with zero attached hydrogens (tertiary/aromatic N) is 1. The van der Waals surface area contributed by atoms with Gasteiger partial charge in [-0.25, -0.2) is 0 Å². The molecule has 0 saturated carbocycles. The number of rotatable bonds is 7. The number of para-hydroxylation sites is 1. The average Bonchev–Trinajstić information content (AvgIpc) is 3.37. The van der Waals surface area contributed by atoms with Crippen LogP contribution in [-0.4, -0.2) is 43.9 Å². The molecule has 0 bridgehead atoms. The van der Waals surface area contributed by atoms with Gasteiger partial charge < -0.3 is 14.2 Å². The highest BCUT2D eigenvalue weighted by atomic mass is 16.6. The lowest BCUT2D eigenvalue weighted by molar-refractivity contribution is -0.166. The molecule has 5 rings (SSSR count). The third-order valence-corrected chi connectivity index (χ3v) is 7.51. The van der Waals surface area contributed by atoms with Crippen LogP contribution in [0.15, 0.2) is 78.9 Å². The van der Waals surface area contributed by atoms with Crippen molar-refractivity contribution in [2.45, 2.75) is 43.8 Å². The van der Waals surface area contributed by atoms with Crippen LogP contribution in [0.2, 0.25) is 0 Å². The van der Waals surface area contributed by atoms with Crippen molar-refractivity contribution in [1.29, 1.82) is 0 Å². The highest BCUT2D eigenvalue weighted by Crippen LogP contribution is 2.57. The molecule has 2 atom stereocenters. The Labute approximate surface area is 203 Å². The van der Waals surface area contributed by atoms with Crippen LogP contribution in [0.5, 0.6) is 11.5 Å². The summed E-state index contributed by atoms with van der Waals surface area (Å²) in [5.41, 5.74) is 2.11. The van der Waals surface area contributed by atoms with E-state index in [1.807, 2.05) is 12.1 Å². The molecular formula is C30H35NO3. The van der Waals surface area contributed by atoms with E-state index >= 15 is 0 Å². The summed E-state index contributed by atoms with van der Waals surface area (Å²) < 4.78 is 19.2. The van der Waals surface area contributed by atoms with Gasteiger partial charge in [0.25, 0.3) is 0 Å².